The summed E-state index contributed by atoms with van der Waals surface area (Å²) >= 11 is 5.79. The number of ketones is 1. The van der Waals surface area contributed by atoms with Crippen molar-refractivity contribution in [3.05, 3.63) is 34.6 Å². The van der Waals surface area contributed by atoms with Crippen LogP contribution in [-0.4, -0.2) is 5.78 Å². The molecule has 0 heterocycles. The Morgan fingerprint density at radius 2 is 2.19 bits per heavy atom. The molecular weight excluding hydrogens is 227 g/mol. The van der Waals surface area contributed by atoms with E-state index in [2.05, 4.69) is 0 Å². The van der Waals surface area contributed by atoms with Gasteiger partial charge in [0.2, 0.25) is 0 Å². The summed E-state index contributed by atoms with van der Waals surface area (Å²) in [7, 11) is 0. The quantitative estimate of drug-likeness (QED) is 0.762. The van der Waals surface area contributed by atoms with Crippen LogP contribution in [0.25, 0.3) is 0 Å². The van der Waals surface area contributed by atoms with Crippen molar-refractivity contribution in [2.45, 2.75) is 33.1 Å². The Hall–Kier alpha value is -0.890. The fourth-order valence-electron chi connectivity index (χ4n) is 1.64. The van der Waals surface area contributed by atoms with Crippen molar-refractivity contribution in [1.29, 1.82) is 0 Å². The third-order valence-electron chi connectivity index (χ3n) is 2.67. The molecule has 0 amide bonds. The van der Waals surface area contributed by atoms with Crippen LogP contribution in [0.3, 0.4) is 0 Å². The first-order chi connectivity index (χ1) is 7.56. The Morgan fingerprint density at radius 3 is 2.81 bits per heavy atom. The van der Waals surface area contributed by atoms with Crippen LogP contribution in [0.1, 0.15) is 32.3 Å². The van der Waals surface area contributed by atoms with E-state index in [1.165, 1.54) is 6.07 Å². The SMILES string of the molecule is CCCC(C)C(=O)Cc1cccc(F)c1Cl. The maximum absolute atomic E-state index is 13.1. The van der Waals surface area contributed by atoms with Gasteiger partial charge in [-0.2, -0.15) is 0 Å². The standard InChI is InChI=1S/C13H16ClFO/c1-3-5-9(2)12(16)8-10-6-4-7-11(15)13(10)14/h4,6-7,9H,3,5,8H2,1-2H3. The summed E-state index contributed by atoms with van der Waals surface area (Å²) in [5.41, 5.74) is 0.578. The fourth-order valence-corrected chi connectivity index (χ4v) is 1.83. The lowest BCUT2D eigenvalue weighted by Gasteiger charge is -2.10. The van der Waals surface area contributed by atoms with Gasteiger partial charge in [0.05, 0.1) is 5.02 Å². The molecule has 0 aliphatic rings. The Kier molecular flexibility index (Phi) is 4.94. The number of halogens is 2. The highest BCUT2D eigenvalue weighted by molar-refractivity contribution is 6.31. The molecule has 16 heavy (non-hydrogen) atoms. The highest BCUT2D eigenvalue weighted by atomic mass is 35.5. The van der Waals surface area contributed by atoms with Gasteiger partial charge in [-0.15, -0.1) is 0 Å². The number of carbonyl (C=O) groups excluding carboxylic acids is 1. The highest BCUT2D eigenvalue weighted by Crippen LogP contribution is 2.21. The van der Waals surface area contributed by atoms with Crippen molar-refractivity contribution in [1.82, 2.24) is 0 Å². The Balaban J connectivity index is 2.73. The average molecular weight is 243 g/mol. The van der Waals surface area contributed by atoms with Crippen LogP contribution in [0.5, 0.6) is 0 Å². The number of hydrogen-bond donors (Lipinski definition) is 0. The van der Waals surface area contributed by atoms with E-state index < -0.39 is 5.82 Å². The number of rotatable bonds is 5. The van der Waals surface area contributed by atoms with E-state index in [-0.39, 0.29) is 23.1 Å². The molecule has 1 rings (SSSR count). The van der Waals surface area contributed by atoms with Crippen molar-refractivity contribution in [3.63, 3.8) is 0 Å². The number of benzene rings is 1. The van der Waals surface area contributed by atoms with Crippen molar-refractivity contribution >= 4 is 17.4 Å². The second-order valence-corrected chi connectivity index (χ2v) is 4.42. The van der Waals surface area contributed by atoms with Gasteiger partial charge in [0, 0.05) is 12.3 Å². The van der Waals surface area contributed by atoms with E-state index in [1.807, 2.05) is 13.8 Å². The minimum absolute atomic E-state index is 0.0179. The molecule has 0 fully saturated rings. The molecule has 1 unspecified atom stereocenters. The van der Waals surface area contributed by atoms with E-state index in [0.717, 1.165) is 12.8 Å². The molecule has 1 nitrogen and oxygen atoms in total. The van der Waals surface area contributed by atoms with Crippen LogP contribution < -0.4 is 0 Å². The van der Waals surface area contributed by atoms with Gasteiger partial charge < -0.3 is 0 Å². The summed E-state index contributed by atoms with van der Waals surface area (Å²) < 4.78 is 13.1. The Morgan fingerprint density at radius 1 is 1.50 bits per heavy atom. The number of hydrogen-bond acceptors (Lipinski definition) is 1. The van der Waals surface area contributed by atoms with Crippen LogP contribution in [0.4, 0.5) is 4.39 Å². The topological polar surface area (TPSA) is 17.1 Å². The lowest BCUT2D eigenvalue weighted by Crippen LogP contribution is -2.13. The molecule has 0 saturated carbocycles. The van der Waals surface area contributed by atoms with Crippen LogP contribution in [-0.2, 0) is 11.2 Å². The largest absolute Gasteiger partial charge is 0.299 e. The first-order valence-electron chi connectivity index (χ1n) is 5.51. The molecular formula is C13H16ClFO. The number of Topliss-reactive ketones (excluding diaryl/α,β-unsaturated/α-hetero) is 1. The lowest BCUT2D eigenvalue weighted by molar-refractivity contribution is -0.121. The summed E-state index contributed by atoms with van der Waals surface area (Å²) in [5.74, 6) is -0.325. The minimum Gasteiger partial charge on any atom is -0.299 e. The van der Waals surface area contributed by atoms with Crippen molar-refractivity contribution in [3.8, 4) is 0 Å². The first-order valence-corrected chi connectivity index (χ1v) is 5.89. The van der Waals surface area contributed by atoms with Gasteiger partial charge in [-0.05, 0) is 18.1 Å². The maximum Gasteiger partial charge on any atom is 0.142 e. The third-order valence-corrected chi connectivity index (χ3v) is 3.09. The summed E-state index contributed by atoms with van der Waals surface area (Å²) in [4.78, 5) is 11.8. The second kappa shape index (κ2) is 6.00. The van der Waals surface area contributed by atoms with Crippen LogP contribution >= 0.6 is 11.6 Å². The van der Waals surface area contributed by atoms with Gasteiger partial charge >= 0.3 is 0 Å². The second-order valence-electron chi connectivity index (χ2n) is 4.05. The van der Waals surface area contributed by atoms with E-state index >= 15 is 0 Å². The zero-order valence-corrected chi connectivity index (χ0v) is 10.4. The van der Waals surface area contributed by atoms with E-state index in [0.29, 0.717) is 5.56 Å². The number of carbonyl (C=O) groups is 1. The summed E-state index contributed by atoms with van der Waals surface area (Å²) in [6.07, 6.45) is 2.06. The molecule has 0 bridgehead atoms. The molecule has 1 atom stereocenters. The average Bonchev–Trinajstić information content (AvgIpc) is 2.25. The van der Waals surface area contributed by atoms with Crippen LogP contribution in [0.15, 0.2) is 18.2 Å². The van der Waals surface area contributed by atoms with E-state index in [9.17, 15) is 9.18 Å². The molecule has 0 saturated heterocycles. The molecule has 88 valence electrons. The van der Waals surface area contributed by atoms with Crippen molar-refractivity contribution in [2.24, 2.45) is 5.92 Å². The molecule has 0 aromatic heterocycles. The fraction of sp³-hybridized carbons (Fsp3) is 0.462. The smallest absolute Gasteiger partial charge is 0.142 e. The molecule has 1 aromatic carbocycles. The summed E-state index contributed by atoms with van der Waals surface area (Å²) in [5, 5.41) is 0.0690. The molecule has 0 N–H and O–H groups in total. The van der Waals surface area contributed by atoms with Gasteiger partial charge in [-0.25, -0.2) is 4.39 Å². The zero-order valence-electron chi connectivity index (χ0n) is 9.59. The van der Waals surface area contributed by atoms with E-state index in [4.69, 9.17) is 11.6 Å². The van der Waals surface area contributed by atoms with Crippen molar-refractivity contribution in [2.75, 3.05) is 0 Å². The van der Waals surface area contributed by atoms with Crippen LogP contribution in [0.2, 0.25) is 5.02 Å². The summed E-state index contributed by atoms with van der Waals surface area (Å²) in [6, 6.07) is 4.57. The molecule has 1 aromatic rings. The Labute approximate surface area is 101 Å². The normalized spacial score (nSPS) is 12.5. The van der Waals surface area contributed by atoms with Crippen LogP contribution in [0, 0.1) is 11.7 Å². The minimum atomic E-state index is -0.463. The molecule has 3 heteroatoms. The Bertz CT molecular complexity index is 376. The lowest BCUT2D eigenvalue weighted by atomic mass is 9.96. The van der Waals surface area contributed by atoms with Gasteiger partial charge in [-0.1, -0.05) is 44.0 Å². The highest BCUT2D eigenvalue weighted by Gasteiger charge is 2.15. The monoisotopic (exact) mass is 242 g/mol. The maximum atomic E-state index is 13.1. The van der Waals surface area contributed by atoms with Gasteiger partial charge in [-0.3, -0.25) is 4.79 Å². The van der Waals surface area contributed by atoms with Crippen molar-refractivity contribution < 1.29 is 9.18 Å². The molecule has 0 radical (unpaired) electrons. The van der Waals surface area contributed by atoms with Gasteiger partial charge in [0.15, 0.2) is 0 Å². The third kappa shape index (κ3) is 3.31. The van der Waals surface area contributed by atoms with E-state index in [1.54, 1.807) is 12.1 Å². The first kappa shape index (κ1) is 13.2. The molecule has 0 aliphatic carbocycles. The summed E-state index contributed by atoms with van der Waals surface area (Å²) in [6.45, 7) is 3.94. The van der Waals surface area contributed by atoms with Gasteiger partial charge in [0.25, 0.3) is 0 Å². The predicted octanol–water partition coefficient (Wildman–Crippen LogP) is 4.03. The molecule has 0 aliphatic heterocycles. The van der Waals surface area contributed by atoms with Gasteiger partial charge in [0.1, 0.15) is 11.6 Å². The predicted molar refractivity (Wildman–Crippen MR) is 64.2 cm³/mol. The molecule has 0 spiro atoms. The zero-order chi connectivity index (χ0) is 12.1.